The van der Waals surface area contributed by atoms with Gasteiger partial charge in [-0.05, 0) is 0 Å². The van der Waals surface area contributed by atoms with E-state index in [4.69, 9.17) is 22.3 Å². The van der Waals surface area contributed by atoms with Gasteiger partial charge >= 0.3 is 0 Å². The zero-order valence-corrected chi connectivity index (χ0v) is 9.47. The van der Waals surface area contributed by atoms with Gasteiger partial charge in [-0.25, -0.2) is 0 Å². The molecular formula is C4H11ClN4S3. The molecule has 0 aliphatic heterocycles. The Kier molecular flexibility index (Phi) is 11.5. The van der Waals surface area contributed by atoms with Crippen LogP contribution in [0.25, 0.3) is 0 Å². The summed E-state index contributed by atoms with van der Waals surface area (Å²) >= 11 is 4.16. The van der Waals surface area contributed by atoms with Gasteiger partial charge in [0.1, 0.15) is 0 Å². The number of hydrogen-bond donors (Lipinski definition) is 4. The number of thioether (sulfide) groups is 3. The molecule has 0 fully saturated rings. The zero-order valence-electron chi connectivity index (χ0n) is 6.20. The second-order valence-corrected chi connectivity index (χ2v) is 5.21. The van der Waals surface area contributed by atoms with Crippen LogP contribution in [0.15, 0.2) is 0 Å². The maximum atomic E-state index is 6.87. The summed E-state index contributed by atoms with van der Waals surface area (Å²) in [5.41, 5.74) is 10.2. The van der Waals surface area contributed by atoms with Gasteiger partial charge in [0.05, 0.1) is 0 Å². The van der Waals surface area contributed by atoms with Crippen LogP contribution >= 0.6 is 47.7 Å². The highest BCUT2D eigenvalue weighted by atomic mass is 35.5. The van der Waals surface area contributed by atoms with E-state index in [1.807, 2.05) is 0 Å². The molecule has 0 bridgehead atoms. The van der Waals surface area contributed by atoms with E-state index < -0.39 is 0 Å². The molecule has 0 radical (unpaired) electrons. The third-order valence-electron chi connectivity index (χ3n) is 0.596. The van der Waals surface area contributed by atoms with Crippen molar-refractivity contribution in [2.75, 3.05) is 10.2 Å². The molecule has 0 unspecified atom stereocenters. The van der Waals surface area contributed by atoms with Crippen LogP contribution in [0.4, 0.5) is 0 Å². The predicted molar refractivity (Wildman–Crippen MR) is 63.6 cm³/mol. The van der Waals surface area contributed by atoms with Crippen molar-refractivity contribution >= 4 is 58.0 Å². The maximum Gasteiger partial charge on any atom is 0.151 e. The molecule has 0 aliphatic carbocycles. The minimum Gasteiger partial charge on any atom is -0.379 e. The number of nitrogens with one attached hydrogen (secondary N) is 2. The average Bonchev–Trinajstić information content (AvgIpc) is 1.85. The van der Waals surface area contributed by atoms with Crippen LogP contribution in [-0.4, -0.2) is 20.5 Å². The van der Waals surface area contributed by atoms with Crippen molar-refractivity contribution in [1.82, 2.24) is 0 Å². The van der Waals surface area contributed by atoms with Crippen LogP contribution in [0.5, 0.6) is 0 Å². The molecular weight excluding hydrogens is 236 g/mol. The number of rotatable bonds is 4. The van der Waals surface area contributed by atoms with E-state index in [0.29, 0.717) is 0 Å². The van der Waals surface area contributed by atoms with Crippen LogP contribution < -0.4 is 11.5 Å². The van der Waals surface area contributed by atoms with Gasteiger partial charge in [-0.1, -0.05) is 23.5 Å². The fourth-order valence-electron chi connectivity index (χ4n) is 0.244. The highest BCUT2D eigenvalue weighted by Gasteiger charge is 1.93. The van der Waals surface area contributed by atoms with Gasteiger partial charge < -0.3 is 11.5 Å². The molecule has 12 heavy (non-hydrogen) atoms. The largest absolute Gasteiger partial charge is 0.379 e. The summed E-state index contributed by atoms with van der Waals surface area (Å²) in [6.45, 7) is 0. The molecule has 0 saturated carbocycles. The van der Waals surface area contributed by atoms with E-state index in [2.05, 4.69) is 0 Å². The molecule has 0 aromatic heterocycles. The van der Waals surface area contributed by atoms with Crippen LogP contribution in [-0.2, 0) is 0 Å². The molecule has 0 aliphatic rings. The highest BCUT2D eigenvalue weighted by molar-refractivity contribution is 8.30. The molecule has 0 aromatic rings. The molecule has 6 N–H and O–H groups in total. The molecule has 0 spiro atoms. The quantitative estimate of drug-likeness (QED) is 0.259. The Morgan fingerprint density at radius 3 is 1.58 bits per heavy atom. The molecule has 0 saturated heterocycles. The molecule has 4 nitrogen and oxygen atoms in total. The van der Waals surface area contributed by atoms with Gasteiger partial charge in [0.2, 0.25) is 0 Å². The second-order valence-electron chi connectivity index (χ2n) is 1.46. The first-order valence-electron chi connectivity index (χ1n) is 2.64. The molecule has 0 atom stereocenters. The molecule has 0 heterocycles. The van der Waals surface area contributed by atoms with Crippen molar-refractivity contribution < 1.29 is 0 Å². The lowest BCUT2D eigenvalue weighted by Crippen LogP contribution is -2.05. The lowest BCUT2D eigenvalue weighted by molar-refractivity contribution is 1.51. The van der Waals surface area contributed by atoms with E-state index in [0.717, 1.165) is 10.2 Å². The number of hydrogen-bond acceptors (Lipinski definition) is 5. The van der Waals surface area contributed by atoms with Gasteiger partial charge in [-0.3, -0.25) is 10.8 Å². The van der Waals surface area contributed by atoms with Crippen molar-refractivity contribution in [2.45, 2.75) is 0 Å². The van der Waals surface area contributed by atoms with Crippen LogP contribution in [0.2, 0.25) is 0 Å². The van der Waals surface area contributed by atoms with E-state index in [9.17, 15) is 0 Å². The summed E-state index contributed by atoms with van der Waals surface area (Å²) in [4.78, 5) is 0. The minimum atomic E-state index is 0. The number of halogens is 1. The highest BCUT2D eigenvalue weighted by Crippen LogP contribution is 2.16. The van der Waals surface area contributed by atoms with Gasteiger partial charge in [0, 0.05) is 10.2 Å². The summed E-state index contributed by atoms with van der Waals surface area (Å²) in [5.74, 6) is 0. The monoisotopic (exact) mass is 246 g/mol. The molecule has 0 amide bonds. The van der Waals surface area contributed by atoms with Crippen molar-refractivity contribution in [2.24, 2.45) is 11.5 Å². The predicted octanol–water partition coefficient (Wildman–Crippen LogP) is 1.31. The third kappa shape index (κ3) is 12.9. The first-order valence-corrected chi connectivity index (χ1v) is 5.77. The summed E-state index contributed by atoms with van der Waals surface area (Å²) < 4.78 is 0. The normalized spacial score (nSPS) is 8.67. The maximum absolute atomic E-state index is 6.87. The van der Waals surface area contributed by atoms with Crippen LogP contribution in [0.3, 0.4) is 0 Å². The van der Waals surface area contributed by atoms with Gasteiger partial charge in [0.25, 0.3) is 0 Å². The summed E-state index contributed by atoms with van der Waals surface area (Å²) in [6, 6.07) is 0. The summed E-state index contributed by atoms with van der Waals surface area (Å²) in [6.07, 6.45) is 0. The lowest BCUT2D eigenvalue weighted by atomic mass is 11.4. The molecule has 0 aromatic carbocycles. The Bertz CT molecular complexity index is 137. The van der Waals surface area contributed by atoms with Gasteiger partial charge in [-0.2, -0.15) is 0 Å². The number of nitrogens with two attached hydrogens (primary N) is 2. The molecule has 8 heteroatoms. The van der Waals surface area contributed by atoms with E-state index in [-0.39, 0.29) is 22.7 Å². The zero-order chi connectivity index (χ0) is 8.69. The Hall–Kier alpha value is 0.280. The molecule has 0 rings (SSSR count). The van der Waals surface area contributed by atoms with Gasteiger partial charge in [0.15, 0.2) is 10.3 Å². The third-order valence-corrected chi connectivity index (χ3v) is 3.49. The minimum absolute atomic E-state index is 0. The fraction of sp³-hybridized carbons (Fsp3) is 0.500. The van der Waals surface area contributed by atoms with Gasteiger partial charge in [-0.15, -0.1) is 24.2 Å². The Morgan fingerprint density at radius 1 is 1.00 bits per heavy atom. The van der Waals surface area contributed by atoms with Crippen LogP contribution in [0.1, 0.15) is 0 Å². The van der Waals surface area contributed by atoms with E-state index in [1.54, 1.807) is 11.8 Å². The van der Waals surface area contributed by atoms with E-state index >= 15 is 0 Å². The topological polar surface area (TPSA) is 99.7 Å². The first-order chi connectivity index (χ1) is 5.13. The summed E-state index contributed by atoms with van der Waals surface area (Å²) in [5, 5.41) is 15.5. The first kappa shape index (κ1) is 14.8. The van der Waals surface area contributed by atoms with E-state index in [1.165, 1.54) is 23.5 Å². The number of amidine groups is 2. The van der Waals surface area contributed by atoms with Crippen molar-refractivity contribution in [3.05, 3.63) is 0 Å². The Morgan fingerprint density at radius 2 is 1.33 bits per heavy atom. The average molecular weight is 247 g/mol. The fourth-order valence-corrected chi connectivity index (χ4v) is 2.81. The SMILES string of the molecule is Cl.N=C(N)SCSCSC(=N)N. The van der Waals surface area contributed by atoms with Crippen molar-refractivity contribution in [1.29, 1.82) is 10.8 Å². The van der Waals surface area contributed by atoms with Crippen molar-refractivity contribution in [3.63, 3.8) is 0 Å². The summed E-state index contributed by atoms with van der Waals surface area (Å²) in [7, 11) is 0. The Labute approximate surface area is 90.4 Å². The van der Waals surface area contributed by atoms with Crippen molar-refractivity contribution in [3.8, 4) is 0 Å². The lowest BCUT2D eigenvalue weighted by Gasteiger charge is -1.98. The Balaban J connectivity index is 0. The smallest absolute Gasteiger partial charge is 0.151 e. The standard InChI is InChI=1S/C4H10N4S3.ClH/c5-3(6)10-1-9-2-11-4(7)8;/h1-2H2,(H3,5,6)(H3,7,8);1H. The molecule has 72 valence electrons. The second kappa shape index (κ2) is 9.37. The van der Waals surface area contributed by atoms with Crippen LogP contribution in [0, 0.1) is 10.8 Å².